The van der Waals surface area contributed by atoms with Crippen LogP contribution in [0.2, 0.25) is 5.02 Å². The number of anilines is 1. The Morgan fingerprint density at radius 2 is 2.14 bits per heavy atom. The van der Waals surface area contributed by atoms with Crippen molar-refractivity contribution in [3.05, 3.63) is 22.2 Å². The van der Waals surface area contributed by atoms with Crippen molar-refractivity contribution < 1.29 is 4.74 Å². The molecule has 3 heteroatoms. The molecule has 0 saturated carbocycles. The molecule has 14 heavy (non-hydrogen) atoms. The van der Waals surface area contributed by atoms with Crippen molar-refractivity contribution >= 4 is 17.3 Å². The number of rotatable bonds is 0. The smallest absolute Gasteiger partial charge is 0.128 e. The zero-order valence-corrected chi connectivity index (χ0v) is 9.40. The molecule has 0 amide bonds. The first kappa shape index (κ1) is 9.66. The Labute approximate surface area is 89.0 Å². The van der Waals surface area contributed by atoms with Gasteiger partial charge < -0.3 is 10.5 Å². The molecular weight excluding hydrogens is 198 g/mol. The summed E-state index contributed by atoms with van der Waals surface area (Å²) >= 11 is 6.01. The van der Waals surface area contributed by atoms with Gasteiger partial charge in [0.1, 0.15) is 11.4 Å². The van der Waals surface area contributed by atoms with E-state index in [0.717, 1.165) is 23.3 Å². The van der Waals surface area contributed by atoms with Crippen molar-refractivity contribution in [2.24, 2.45) is 0 Å². The molecule has 2 N–H and O–H groups in total. The lowest BCUT2D eigenvalue weighted by Gasteiger charge is -2.17. The number of fused-ring (bicyclic) bond motifs is 1. The van der Waals surface area contributed by atoms with E-state index in [0.29, 0.717) is 10.7 Å². The molecule has 0 spiro atoms. The lowest BCUT2D eigenvalue weighted by atomic mass is 9.99. The highest BCUT2D eigenvalue weighted by Crippen LogP contribution is 2.43. The molecular formula is C11H14ClNO. The molecule has 0 saturated heterocycles. The van der Waals surface area contributed by atoms with Gasteiger partial charge in [-0.1, -0.05) is 11.6 Å². The largest absolute Gasteiger partial charge is 0.487 e. The maximum Gasteiger partial charge on any atom is 0.128 e. The Kier molecular flexibility index (Phi) is 1.93. The van der Waals surface area contributed by atoms with E-state index in [9.17, 15) is 0 Å². The number of halogens is 1. The van der Waals surface area contributed by atoms with Crippen molar-refractivity contribution in [2.45, 2.75) is 32.8 Å². The molecule has 0 aliphatic carbocycles. The van der Waals surface area contributed by atoms with Crippen LogP contribution in [-0.4, -0.2) is 5.60 Å². The molecule has 0 fully saturated rings. The zero-order valence-electron chi connectivity index (χ0n) is 8.65. The fourth-order valence-electron chi connectivity index (χ4n) is 1.89. The molecule has 76 valence electrons. The summed E-state index contributed by atoms with van der Waals surface area (Å²) in [5.74, 6) is 0.914. The molecule has 0 aromatic heterocycles. The fraction of sp³-hybridized carbons (Fsp3) is 0.455. The maximum absolute atomic E-state index is 6.01. The van der Waals surface area contributed by atoms with Crippen LogP contribution in [0, 0.1) is 6.92 Å². The van der Waals surface area contributed by atoms with E-state index < -0.39 is 0 Å². The highest BCUT2D eigenvalue weighted by Gasteiger charge is 2.33. The van der Waals surface area contributed by atoms with Gasteiger partial charge in [0.25, 0.3) is 0 Å². The summed E-state index contributed by atoms with van der Waals surface area (Å²) in [5.41, 5.74) is 8.53. The monoisotopic (exact) mass is 211 g/mol. The molecule has 0 atom stereocenters. The molecule has 1 aromatic carbocycles. The predicted molar refractivity (Wildman–Crippen MR) is 59.0 cm³/mol. The van der Waals surface area contributed by atoms with Crippen LogP contribution in [0.3, 0.4) is 0 Å². The lowest BCUT2D eigenvalue weighted by Crippen LogP contribution is -2.24. The minimum atomic E-state index is -0.161. The summed E-state index contributed by atoms with van der Waals surface area (Å²) < 4.78 is 5.82. The summed E-state index contributed by atoms with van der Waals surface area (Å²) in [4.78, 5) is 0. The van der Waals surface area contributed by atoms with E-state index in [1.165, 1.54) is 0 Å². The van der Waals surface area contributed by atoms with Gasteiger partial charge in [-0.05, 0) is 32.4 Å². The summed E-state index contributed by atoms with van der Waals surface area (Å²) in [7, 11) is 0. The van der Waals surface area contributed by atoms with Crippen molar-refractivity contribution in [2.75, 3.05) is 5.73 Å². The number of nitrogens with two attached hydrogens (primary N) is 1. The Morgan fingerprint density at radius 3 is 2.79 bits per heavy atom. The SMILES string of the molecule is Cc1cc(Cl)c(N)c2c1OC(C)(C)C2. The van der Waals surface area contributed by atoms with Gasteiger partial charge in [0, 0.05) is 12.0 Å². The van der Waals surface area contributed by atoms with Crippen LogP contribution in [0.1, 0.15) is 25.0 Å². The number of aryl methyl sites for hydroxylation is 1. The van der Waals surface area contributed by atoms with Crippen LogP contribution in [0.4, 0.5) is 5.69 Å². The second-order valence-electron chi connectivity index (χ2n) is 4.44. The molecule has 0 bridgehead atoms. The Balaban J connectivity index is 2.61. The average Bonchev–Trinajstić information content (AvgIpc) is 2.38. The first-order valence-electron chi connectivity index (χ1n) is 4.67. The topological polar surface area (TPSA) is 35.2 Å². The van der Waals surface area contributed by atoms with Crippen LogP contribution in [0.25, 0.3) is 0 Å². The predicted octanol–water partition coefficient (Wildman–Crippen LogP) is 2.94. The third-order valence-electron chi connectivity index (χ3n) is 2.54. The molecule has 2 nitrogen and oxygen atoms in total. The van der Waals surface area contributed by atoms with Gasteiger partial charge in [0.05, 0.1) is 10.7 Å². The highest BCUT2D eigenvalue weighted by molar-refractivity contribution is 6.33. The van der Waals surface area contributed by atoms with Gasteiger partial charge in [-0.2, -0.15) is 0 Å². The second-order valence-corrected chi connectivity index (χ2v) is 4.84. The number of hydrogen-bond donors (Lipinski definition) is 1. The molecule has 2 rings (SSSR count). The van der Waals surface area contributed by atoms with Crippen LogP contribution in [0.5, 0.6) is 5.75 Å². The van der Waals surface area contributed by atoms with E-state index in [-0.39, 0.29) is 5.60 Å². The van der Waals surface area contributed by atoms with E-state index >= 15 is 0 Å². The summed E-state index contributed by atoms with van der Waals surface area (Å²) in [6.45, 7) is 6.10. The minimum absolute atomic E-state index is 0.161. The third-order valence-corrected chi connectivity index (χ3v) is 2.85. The van der Waals surface area contributed by atoms with Crippen molar-refractivity contribution in [3.63, 3.8) is 0 Å². The van der Waals surface area contributed by atoms with Gasteiger partial charge in [0.15, 0.2) is 0 Å². The number of hydrogen-bond acceptors (Lipinski definition) is 2. The van der Waals surface area contributed by atoms with Crippen LogP contribution < -0.4 is 10.5 Å². The normalized spacial score (nSPS) is 17.7. The van der Waals surface area contributed by atoms with Gasteiger partial charge in [-0.25, -0.2) is 0 Å². The van der Waals surface area contributed by atoms with Gasteiger partial charge >= 0.3 is 0 Å². The zero-order chi connectivity index (χ0) is 10.5. The standard InChI is InChI=1S/C11H14ClNO/c1-6-4-8(12)9(13)7-5-11(2,3)14-10(6)7/h4H,5,13H2,1-3H3. The Bertz CT molecular complexity index is 399. The van der Waals surface area contributed by atoms with Crippen molar-refractivity contribution in [1.82, 2.24) is 0 Å². The Morgan fingerprint density at radius 1 is 1.50 bits per heavy atom. The molecule has 0 radical (unpaired) electrons. The average molecular weight is 212 g/mol. The van der Waals surface area contributed by atoms with Crippen LogP contribution in [0.15, 0.2) is 6.07 Å². The maximum atomic E-state index is 6.01. The lowest BCUT2D eigenvalue weighted by molar-refractivity contribution is 0.137. The molecule has 1 aliphatic rings. The first-order valence-corrected chi connectivity index (χ1v) is 5.05. The molecule has 1 aromatic rings. The minimum Gasteiger partial charge on any atom is -0.487 e. The van der Waals surface area contributed by atoms with E-state index in [1.54, 1.807) is 0 Å². The fourth-order valence-corrected chi connectivity index (χ4v) is 2.17. The highest BCUT2D eigenvalue weighted by atomic mass is 35.5. The Hall–Kier alpha value is -0.890. The van der Waals surface area contributed by atoms with E-state index in [1.807, 2.05) is 13.0 Å². The van der Waals surface area contributed by atoms with Gasteiger partial charge in [0.2, 0.25) is 0 Å². The molecule has 1 aliphatic heterocycles. The summed E-state index contributed by atoms with van der Waals surface area (Å²) in [6.07, 6.45) is 0.829. The van der Waals surface area contributed by atoms with Crippen molar-refractivity contribution in [1.29, 1.82) is 0 Å². The van der Waals surface area contributed by atoms with Crippen molar-refractivity contribution in [3.8, 4) is 5.75 Å². The van der Waals surface area contributed by atoms with Gasteiger partial charge in [-0.3, -0.25) is 0 Å². The van der Waals surface area contributed by atoms with Gasteiger partial charge in [-0.15, -0.1) is 0 Å². The van der Waals surface area contributed by atoms with E-state index in [4.69, 9.17) is 22.1 Å². The molecule has 1 heterocycles. The number of nitrogen functional groups attached to an aromatic ring is 1. The van der Waals surface area contributed by atoms with E-state index in [2.05, 4.69) is 13.8 Å². The summed E-state index contributed by atoms with van der Waals surface area (Å²) in [5, 5.41) is 0.627. The van der Waals surface area contributed by atoms with Crippen LogP contribution >= 0.6 is 11.6 Å². The molecule has 0 unspecified atom stereocenters. The summed E-state index contributed by atoms with van der Waals surface area (Å²) in [6, 6.07) is 1.86. The first-order chi connectivity index (χ1) is 6.41. The van der Waals surface area contributed by atoms with Crippen LogP contribution in [-0.2, 0) is 6.42 Å². The number of ether oxygens (including phenoxy) is 1. The second kappa shape index (κ2) is 2.80. The quantitative estimate of drug-likeness (QED) is 0.670. The third kappa shape index (κ3) is 1.34. The number of benzene rings is 1.